The molecule has 3 rings (SSSR count). The van der Waals surface area contributed by atoms with Crippen molar-refractivity contribution in [1.29, 1.82) is 0 Å². The van der Waals surface area contributed by atoms with Crippen molar-refractivity contribution in [3.63, 3.8) is 0 Å². The van der Waals surface area contributed by atoms with Gasteiger partial charge in [0.2, 0.25) is 0 Å². The lowest BCUT2D eigenvalue weighted by Crippen LogP contribution is -2.24. The molecule has 4 nitrogen and oxygen atoms in total. The second-order valence-corrected chi connectivity index (χ2v) is 7.05. The summed E-state index contributed by atoms with van der Waals surface area (Å²) in [6, 6.07) is 0.853. The summed E-state index contributed by atoms with van der Waals surface area (Å²) < 4.78 is 2.04. The highest BCUT2D eigenvalue weighted by molar-refractivity contribution is 7.11. The van der Waals surface area contributed by atoms with E-state index in [0.29, 0.717) is 6.04 Å². The molecule has 0 radical (unpaired) electrons. The fraction of sp³-hybridized carbons (Fsp3) is 0.625. The molecule has 1 aliphatic carbocycles. The maximum Gasteiger partial charge on any atom is 0.115 e. The lowest BCUT2D eigenvalue weighted by Gasteiger charge is -2.14. The number of thiazole rings is 1. The van der Waals surface area contributed by atoms with E-state index in [1.165, 1.54) is 34.0 Å². The monoisotopic (exact) mass is 304 g/mol. The van der Waals surface area contributed by atoms with E-state index in [-0.39, 0.29) is 6.04 Å². The SMILES string of the molecule is CCCn1cc(C(NC2CC2)c2nc(CC)c(C)s2)cn1. The molecular weight excluding hydrogens is 280 g/mol. The maximum absolute atomic E-state index is 4.86. The molecule has 0 amide bonds. The van der Waals surface area contributed by atoms with Crippen LogP contribution in [0.5, 0.6) is 0 Å². The molecule has 2 aromatic heterocycles. The van der Waals surface area contributed by atoms with Gasteiger partial charge in [0.25, 0.3) is 0 Å². The van der Waals surface area contributed by atoms with Crippen LogP contribution in [0.25, 0.3) is 0 Å². The number of nitrogens with zero attached hydrogens (tertiary/aromatic N) is 3. The highest BCUT2D eigenvalue weighted by atomic mass is 32.1. The number of hydrogen-bond acceptors (Lipinski definition) is 4. The summed E-state index contributed by atoms with van der Waals surface area (Å²) in [5.74, 6) is 0. The Kier molecular flexibility index (Phi) is 4.40. The third-order valence-electron chi connectivity index (χ3n) is 3.91. The van der Waals surface area contributed by atoms with Gasteiger partial charge in [-0.05, 0) is 32.6 Å². The normalized spacial score (nSPS) is 16.3. The quantitative estimate of drug-likeness (QED) is 0.852. The van der Waals surface area contributed by atoms with Gasteiger partial charge in [0, 0.05) is 29.2 Å². The van der Waals surface area contributed by atoms with Gasteiger partial charge in [-0.15, -0.1) is 11.3 Å². The first-order chi connectivity index (χ1) is 10.2. The minimum atomic E-state index is 0.201. The minimum Gasteiger partial charge on any atom is -0.301 e. The highest BCUT2D eigenvalue weighted by Crippen LogP contribution is 2.32. The molecule has 0 saturated heterocycles. The van der Waals surface area contributed by atoms with Crippen molar-refractivity contribution in [3.05, 3.63) is 33.5 Å². The van der Waals surface area contributed by atoms with Crippen LogP contribution in [0, 0.1) is 6.92 Å². The van der Waals surface area contributed by atoms with Crippen LogP contribution >= 0.6 is 11.3 Å². The molecule has 0 aliphatic heterocycles. The second kappa shape index (κ2) is 6.28. The summed E-state index contributed by atoms with van der Waals surface area (Å²) in [4.78, 5) is 6.20. The zero-order valence-electron chi connectivity index (χ0n) is 13.1. The van der Waals surface area contributed by atoms with Crippen molar-refractivity contribution in [2.24, 2.45) is 0 Å². The van der Waals surface area contributed by atoms with Crippen LogP contribution in [0.4, 0.5) is 0 Å². The first kappa shape index (κ1) is 14.7. The maximum atomic E-state index is 4.86. The summed E-state index contributed by atoms with van der Waals surface area (Å²) >= 11 is 1.82. The predicted octanol–water partition coefficient (Wildman–Crippen LogP) is 3.46. The number of aromatic nitrogens is 3. The van der Waals surface area contributed by atoms with E-state index in [1.807, 2.05) is 22.2 Å². The van der Waals surface area contributed by atoms with Crippen LogP contribution < -0.4 is 5.32 Å². The first-order valence-corrected chi connectivity index (χ1v) is 8.77. The molecule has 2 aromatic rings. The first-order valence-electron chi connectivity index (χ1n) is 7.95. The predicted molar refractivity (Wildman–Crippen MR) is 86.7 cm³/mol. The lowest BCUT2D eigenvalue weighted by molar-refractivity contribution is 0.586. The van der Waals surface area contributed by atoms with Gasteiger partial charge in [0.15, 0.2) is 0 Å². The molecule has 2 heterocycles. The van der Waals surface area contributed by atoms with Gasteiger partial charge >= 0.3 is 0 Å². The summed E-state index contributed by atoms with van der Waals surface area (Å²) in [6.07, 6.45) is 8.85. The average molecular weight is 304 g/mol. The molecule has 1 N–H and O–H groups in total. The fourth-order valence-corrected chi connectivity index (χ4v) is 3.68. The Hall–Kier alpha value is -1.20. The Morgan fingerprint density at radius 1 is 1.43 bits per heavy atom. The van der Waals surface area contributed by atoms with Gasteiger partial charge in [-0.1, -0.05) is 13.8 Å². The van der Waals surface area contributed by atoms with Gasteiger partial charge in [-0.2, -0.15) is 5.10 Å². The van der Waals surface area contributed by atoms with Gasteiger partial charge in [0.05, 0.1) is 17.9 Å². The fourth-order valence-electron chi connectivity index (χ4n) is 2.58. The number of hydrogen-bond donors (Lipinski definition) is 1. The van der Waals surface area contributed by atoms with Gasteiger partial charge < -0.3 is 5.32 Å². The molecule has 5 heteroatoms. The zero-order chi connectivity index (χ0) is 14.8. The second-order valence-electron chi connectivity index (χ2n) is 5.82. The Bertz CT molecular complexity index is 597. The molecule has 1 unspecified atom stereocenters. The standard InChI is InChI=1S/C16H24N4S/c1-4-8-20-10-12(9-17-20)15(18-13-6-7-13)16-19-14(5-2)11(3)21-16/h9-10,13,15,18H,4-8H2,1-3H3. The molecule has 1 atom stereocenters. The molecule has 0 bridgehead atoms. The van der Waals surface area contributed by atoms with Crippen LogP contribution in [0.15, 0.2) is 12.4 Å². The molecule has 0 aromatic carbocycles. The van der Waals surface area contributed by atoms with Crippen molar-refractivity contribution < 1.29 is 0 Å². The summed E-state index contributed by atoms with van der Waals surface area (Å²) in [6.45, 7) is 7.51. The summed E-state index contributed by atoms with van der Waals surface area (Å²) in [7, 11) is 0. The Morgan fingerprint density at radius 3 is 2.86 bits per heavy atom. The molecule has 1 saturated carbocycles. The molecule has 21 heavy (non-hydrogen) atoms. The van der Waals surface area contributed by atoms with Crippen LogP contribution in [-0.4, -0.2) is 20.8 Å². The topological polar surface area (TPSA) is 42.7 Å². The minimum absolute atomic E-state index is 0.201. The van der Waals surface area contributed by atoms with Crippen LogP contribution in [-0.2, 0) is 13.0 Å². The summed E-state index contributed by atoms with van der Waals surface area (Å²) in [5.41, 5.74) is 2.48. The smallest absolute Gasteiger partial charge is 0.115 e. The van der Waals surface area contributed by atoms with Crippen LogP contribution in [0.3, 0.4) is 0 Å². The number of aryl methyl sites for hydroxylation is 3. The molecule has 1 fully saturated rings. The van der Waals surface area contributed by atoms with E-state index in [2.05, 4.69) is 37.4 Å². The molecule has 114 valence electrons. The van der Waals surface area contributed by atoms with Gasteiger partial charge in [-0.3, -0.25) is 4.68 Å². The van der Waals surface area contributed by atoms with Crippen LogP contribution in [0.2, 0.25) is 0 Å². The Labute approximate surface area is 130 Å². The van der Waals surface area contributed by atoms with Crippen molar-refractivity contribution in [2.45, 2.75) is 65.1 Å². The lowest BCUT2D eigenvalue weighted by atomic mass is 10.1. The van der Waals surface area contributed by atoms with E-state index in [9.17, 15) is 0 Å². The molecular formula is C16H24N4S. The van der Waals surface area contributed by atoms with Gasteiger partial charge in [0.1, 0.15) is 5.01 Å². The van der Waals surface area contributed by atoms with E-state index < -0.39 is 0 Å². The van der Waals surface area contributed by atoms with E-state index in [0.717, 1.165) is 19.4 Å². The van der Waals surface area contributed by atoms with E-state index in [4.69, 9.17) is 4.98 Å². The Morgan fingerprint density at radius 2 is 2.24 bits per heavy atom. The molecule has 0 spiro atoms. The van der Waals surface area contributed by atoms with Crippen molar-refractivity contribution in [2.75, 3.05) is 0 Å². The van der Waals surface area contributed by atoms with Gasteiger partial charge in [-0.25, -0.2) is 4.98 Å². The number of rotatable bonds is 7. The highest BCUT2D eigenvalue weighted by Gasteiger charge is 2.29. The third-order valence-corrected chi connectivity index (χ3v) is 4.99. The van der Waals surface area contributed by atoms with Crippen LogP contribution in [0.1, 0.15) is 60.3 Å². The zero-order valence-corrected chi connectivity index (χ0v) is 13.9. The number of nitrogens with one attached hydrogen (secondary N) is 1. The largest absolute Gasteiger partial charge is 0.301 e. The van der Waals surface area contributed by atoms with Crippen molar-refractivity contribution in [1.82, 2.24) is 20.1 Å². The molecule has 1 aliphatic rings. The Balaban J connectivity index is 1.88. The average Bonchev–Trinajstić information content (AvgIpc) is 3.05. The van der Waals surface area contributed by atoms with Crippen molar-refractivity contribution >= 4 is 11.3 Å². The van der Waals surface area contributed by atoms with E-state index >= 15 is 0 Å². The summed E-state index contributed by atoms with van der Waals surface area (Å²) in [5, 5.41) is 9.41. The third kappa shape index (κ3) is 3.35. The van der Waals surface area contributed by atoms with Crippen molar-refractivity contribution in [3.8, 4) is 0 Å². The van der Waals surface area contributed by atoms with E-state index in [1.54, 1.807) is 0 Å².